The Hall–Kier alpha value is -2.27. The number of fused-ring (bicyclic) bond motifs is 1. The summed E-state index contributed by atoms with van der Waals surface area (Å²) in [5.74, 6) is 1.37. The standard InChI is InChI=1S/C19H24N2O3/c1-3-24-19(22)20-21-11-9-15(10-12-21)17-6-4-5-14-7-8-16(23-2)13-18(14)17/h4-8,13,15H,3,9-12H2,1-2H3,(H,20,22). The van der Waals surface area contributed by atoms with Crippen molar-refractivity contribution in [2.24, 2.45) is 0 Å². The Kier molecular flexibility index (Phi) is 5.20. The topological polar surface area (TPSA) is 50.8 Å². The van der Waals surface area contributed by atoms with Crippen molar-refractivity contribution in [1.82, 2.24) is 10.4 Å². The van der Waals surface area contributed by atoms with Crippen LogP contribution in [0.15, 0.2) is 36.4 Å². The minimum atomic E-state index is -0.370. The highest BCUT2D eigenvalue weighted by molar-refractivity contribution is 5.87. The van der Waals surface area contributed by atoms with E-state index in [1.54, 1.807) is 14.0 Å². The van der Waals surface area contributed by atoms with Crippen LogP contribution < -0.4 is 10.2 Å². The monoisotopic (exact) mass is 328 g/mol. The van der Waals surface area contributed by atoms with Gasteiger partial charge in [-0.2, -0.15) is 0 Å². The molecule has 0 radical (unpaired) electrons. The zero-order chi connectivity index (χ0) is 16.9. The normalized spacial score (nSPS) is 16.1. The summed E-state index contributed by atoms with van der Waals surface area (Å²) in [6.45, 7) is 3.84. The molecule has 1 amide bonds. The number of hydrazine groups is 1. The lowest BCUT2D eigenvalue weighted by atomic mass is 9.86. The third-order valence-electron chi connectivity index (χ3n) is 4.58. The van der Waals surface area contributed by atoms with Crippen molar-refractivity contribution in [3.05, 3.63) is 42.0 Å². The molecule has 1 aliphatic heterocycles. The third-order valence-corrected chi connectivity index (χ3v) is 4.58. The van der Waals surface area contributed by atoms with E-state index in [9.17, 15) is 4.79 Å². The molecule has 1 saturated heterocycles. The van der Waals surface area contributed by atoms with Gasteiger partial charge in [0, 0.05) is 13.1 Å². The molecule has 1 N–H and O–H groups in total. The lowest BCUT2D eigenvalue weighted by Gasteiger charge is -2.32. The molecule has 0 bridgehead atoms. The number of nitrogens with one attached hydrogen (secondary N) is 1. The van der Waals surface area contributed by atoms with Crippen molar-refractivity contribution in [3.63, 3.8) is 0 Å². The number of carbonyl (C=O) groups excluding carboxylic acids is 1. The van der Waals surface area contributed by atoms with Crippen LogP contribution in [-0.2, 0) is 4.74 Å². The first-order valence-corrected chi connectivity index (χ1v) is 8.46. The van der Waals surface area contributed by atoms with Crippen LogP contribution in [0.2, 0.25) is 0 Å². The highest BCUT2D eigenvalue weighted by Crippen LogP contribution is 2.34. The minimum absolute atomic E-state index is 0.370. The summed E-state index contributed by atoms with van der Waals surface area (Å²) in [7, 11) is 1.70. The summed E-state index contributed by atoms with van der Waals surface area (Å²) in [4.78, 5) is 11.5. The molecule has 3 rings (SSSR count). The number of amides is 1. The quantitative estimate of drug-likeness (QED) is 0.930. The van der Waals surface area contributed by atoms with Crippen LogP contribution in [0.1, 0.15) is 31.2 Å². The van der Waals surface area contributed by atoms with Crippen LogP contribution in [-0.4, -0.2) is 37.9 Å². The number of rotatable bonds is 4. The fourth-order valence-electron chi connectivity index (χ4n) is 3.35. The molecule has 2 aromatic rings. The molecule has 0 unspecified atom stereocenters. The fourth-order valence-corrected chi connectivity index (χ4v) is 3.35. The molecule has 1 fully saturated rings. The zero-order valence-electron chi connectivity index (χ0n) is 14.2. The zero-order valence-corrected chi connectivity index (χ0v) is 14.2. The van der Waals surface area contributed by atoms with Crippen LogP contribution in [0.5, 0.6) is 5.75 Å². The lowest BCUT2D eigenvalue weighted by Crippen LogP contribution is -2.46. The van der Waals surface area contributed by atoms with Crippen molar-refractivity contribution >= 4 is 16.9 Å². The van der Waals surface area contributed by atoms with Crippen molar-refractivity contribution in [3.8, 4) is 5.75 Å². The Morgan fingerprint density at radius 3 is 2.75 bits per heavy atom. The van der Waals surface area contributed by atoms with Gasteiger partial charge in [0.25, 0.3) is 0 Å². The second-order valence-electron chi connectivity index (χ2n) is 6.03. The molecule has 0 atom stereocenters. The molecule has 5 heteroatoms. The second-order valence-corrected chi connectivity index (χ2v) is 6.03. The predicted octanol–water partition coefficient (Wildman–Crippen LogP) is 3.69. The van der Waals surface area contributed by atoms with E-state index in [1.807, 2.05) is 11.1 Å². The number of hydrogen-bond acceptors (Lipinski definition) is 4. The van der Waals surface area contributed by atoms with Gasteiger partial charge in [0.05, 0.1) is 13.7 Å². The van der Waals surface area contributed by atoms with Gasteiger partial charge in [-0.3, -0.25) is 5.43 Å². The maximum absolute atomic E-state index is 11.5. The Morgan fingerprint density at radius 2 is 2.04 bits per heavy atom. The molecule has 1 heterocycles. The number of carbonyl (C=O) groups is 1. The predicted molar refractivity (Wildman–Crippen MR) is 94.2 cm³/mol. The van der Waals surface area contributed by atoms with Gasteiger partial charge in [0.15, 0.2) is 0 Å². The van der Waals surface area contributed by atoms with Crippen LogP contribution in [0.25, 0.3) is 10.8 Å². The van der Waals surface area contributed by atoms with E-state index in [1.165, 1.54) is 16.3 Å². The molecule has 0 aliphatic carbocycles. The maximum atomic E-state index is 11.5. The summed E-state index contributed by atoms with van der Waals surface area (Å²) in [5, 5.41) is 4.44. The Bertz CT molecular complexity index is 709. The molecular formula is C19H24N2O3. The summed E-state index contributed by atoms with van der Waals surface area (Å²) in [5.41, 5.74) is 4.16. The Labute approximate surface area is 142 Å². The van der Waals surface area contributed by atoms with Crippen molar-refractivity contribution < 1.29 is 14.3 Å². The van der Waals surface area contributed by atoms with E-state index in [0.717, 1.165) is 31.7 Å². The molecule has 5 nitrogen and oxygen atoms in total. The first-order valence-electron chi connectivity index (χ1n) is 8.46. The summed E-state index contributed by atoms with van der Waals surface area (Å²) < 4.78 is 10.3. The third kappa shape index (κ3) is 3.62. The Morgan fingerprint density at radius 1 is 1.25 bits per heavy atom. The van der Waals surface area contributed by atoms with Crippen LogP contribution in [0, 0.1) is 0 Å². The molecule has 0 saturated carbocycles. The number of nitrogens with zero attached hydrogens (tertiary/aromatic N) is 1. The van der Waals surface area contributed by atoms with E-state index in [0.29, 0.717) is 12.5 Å². The summed E-state index contributed by atoms with van der Waals surface area (Å²) in [6.07, 6.45) is 1.64. The SMILES string of the molecule is CCOC(=O)NN1CCC(c2cccc3ccc(OC)cc23)CC1. The van der Waals surface area contributed by atoms with Gasteiger partial charge in [0.1, 0.15) is 5.75 Å². The van der Waals surface area contributed by atoms with Gasteiger partial charge in [0.2, 0.25) is 0 Å². The Balaban J connectivity index is 1.72. The number of benzene rings is 2. The minimum Gasteiger partial charge on any atom is -0.497 e. The largest absolute Gasteiger partial charge is 0.497 e. The molecule has 0 aromatic heterocycles. The summed E-state index contributed by atoms with van der Waals surface area (Å²) in [6, 6.07) is 12.7. The van der Waals surface area contributed by atoms with Crippen molar-refractivity contribution in [1.29, 1.82) is 0 Å². The van der Waals surface area contributed by atoms with Crippen LogP contribution in [0.3, 0.4) is 0 Å². The van der Waals surface area contributed by atoms with Gasteiger partial charge in [-0.05, 0) is 54.2 Å². The fraction of sp³-hybridized carbons (Fsp3) is 0.421. The molecule has 1 aliphatic rings. The van der Waals surface area contributed by atoms with Crippen LogP contribution in [0.4, 0.5) is 4.79 Å². The van der Waals surface area contributed by atoms with E-state index in [2.05, 4.69) is 35.8 Å². The van der Waals surface area contributed by atoms with Gasteiger partial charge < -0.3 is 9.47 Å². The van der Waals surface area contributed by atoms with Crippen molar-refractivity contribution in [2.45, 2.75) is 25.7 Å². The average molecular weight is 328 g/mol. The van der Waals surface area contributed by atoms with E-state index in [4.69, 9.17) is 9.47 Å². The highest BCUT2D eigenvalue weighted by atomic mass is 16.6. The van der Waals surface area contributed by atoms with Gasteiger partial charge in [-0.15, -0.1) is 0 Å². The highest BCUT2D eigenvalue weighted by Gasteiger charge is 2.23. The second kappa shape index (κ2) is 7.53. The maximum Gasteiger partial charge on any atom is 0.421 e. The number of piperidine rings is 1. The van der Waals surface area contributed by atoms with Crippen LogP contribution >= 0.6 is 0 Å². The van der Waals surface area contributed by atoms with E-state index in [-0.39, 0.29) is 6.09 Å². The first-order chi connectivity index (χ1) is 11.7. The molecule has 0 spiro atoms. The lowest BCUT2D eigenvalue weighted by molar-refractivity contribution is 0.0952. The molecule has 128 valence electrons. The summed E-state index contributed by atoms with van der Waals surface area (Å²) >= 11 is 0. The number of methoxy groups -OCH3 is 1. The van der Waals surface area contributed by atoms with Gasteiger partial charge in [-0.1, -0.05) is 24.3 Å². The molecule has 24 heavy (non-hydrogen) atoms. The molecular weight excluding hydrogens is 304 g/mol. The van der Waals surface area contributed by atoms with Crippen molar-refractivity contribution in [2.75, 3.05) is 26.8 Å². The van der Waals surface area contributed by atoms with E-state index < -0.39 is 0 Å². The number of hydrogen-bond donors (Lipinski definition) is 1. The van der Waals surface area contributed by atoms with Gasteiger partial charge >= 0.3 is 6.09 Å². The number of ether oxygens (including phenoxy) is 2. The smallest absolute Gasteiger partial charge is 0.421 e. The average Bonchev–Trinajstić information content (AvgIpc) is 2.61. The van der Waals surface area contributed by atoms with Gasteiger partial charge in [-0.25, -0.2) is 9.80 Å². The first kappa shape index (κ1) is 16.6. The molecule has 2 aromatic carbocycles. The van der Waals surface area contributed by atoms with E-state index >= 15 is 0 Å².